The molecule has 0 saturated carbocycles. The van der Waals surface area contributed by atoms with Crippen LogP contribution in [0.25, 0.3) is 6.08 Å². The molecule has 1 amide bonds. The summed E-state index contributed by atoms with van der Waals surface area (Å²) in [6, 6.07) is 16.0. The average molecular weight is 403 g/mol. The van der Waals surface area contributed by atoms with E-state index in [9.17, 15) is 10.1 Å². The molecule has 0 bridgehead atoms. The van der Waals surface area contributed by atoms with Gasteiger partial charge in [-0.1, -0.05) is 29.4 Å². The Morgan fingerprint density at radius 1 is 1.20 bits per heavy atom. The molecule has 0 aliphatic carbocycles. The van der Waals surface area contributed by atoms with Crippen molar-refractivity contribution in [1.82, 2.24) is 5.16 Å². The number of rotatable bonds is 7. The minimum Gasteiger partial charge on any atom is -0.495 e. The first-order chi connectivity index (χ1) is 14.5. The molecule has 152 valence electrons. The number of benzene rings is 2. The van der Waals surface area contributed by atoms with Gasteiger partial charge in [-0.2, -0.15) is 5.26 Å². The van der Waals surface area contributed by atoms with Crippen LogP contribution in [0.5, 0.6) is 11.5 Å². The number of carbonyl (C=O) groups is 1. The van der Waals surface area contributed by atoms with Gasteiger partial charge in [-0.15, -0.1) is 0 Å². The van der Waals surface area contributed by atoms with Crippen LogP contribution in [0.4, 0.5) is 5.69 Å². The summed E-state index contributed by atoms with van der Waals surface area (Å²) in [4.78, 5) is 12.5. The maximum atomic E-state index is 12.5. The predicted molar refractivity (Wildman–Crippen MR) is 112 cm³/mol. The summed E-state index contributed by atoms with van der Waals surface area (Å²) in [5, 5.41) is 16.0. The van der Waals surface area contributed by atoms with Gasteiger partial charge in [0.15, 0.2) is 0 Å². The van der Waals surface area contributed by atoms with Crippen LogP contribution in [0.3, 0.4) is 0 Å². The average Bonchev–Trinajstić information content (AvgIpc) is 3.09. The molecule has 0 saturated heterocycles. The molecule has 2 aromatic carbocycles. The Kier molecular flexibility index (Phi) is 6.50. The highest BCUT2D eigenvalue weighted by Crippen LogP contribution is 2.24. The quantitative estimate of drug-likeness (QED) is 0.463. The van der Waals surface area contributed by atoms with E-state index in [-0.39, 0.29) is 5.57 Å². The Hall–Kier alpha value is -4.05. The number of hydrogen-bond donors (Lipinski definition) is 1. The van der Waals surface area contributed by atoms with Crippen LogP contribution in [-0.2, 0) is 11.4 Å². The van der Waals surface area contributed by atoms with Crippen LogP contribution in [0.1, 0.15) is 22.6 Å². The lowest BCUT2D eigenvalue weighted by Crippen LogP contribution is -2.14. The fourth-order valence-corrected chi connectivity index (χ4v) is 2.78. The van der Waals surface area contributed by atoms with Crippen molar-refractivity contribution in [3.8, 4) is 17.6 Å². The summed E-state index contributed by atoms with van der Waals surface area (Å²) in [6.07, 6.45) is 1.52. The van der Waals surface area contributed by atoms with Crippen LogP contribution in [0.15, 0.2) is 58.6 Å². The highest BCUT2D eigenvalue weighted by molar-refractivity contribution is 6.10. The Bertz CT molecular complexity index is 1090. The zero-order valence-corrected chi connectivity index (χ0v) is 16.9. The van der Waals surface area contributed by atoms with Gasteiger partial charge in [-0.05, 0) is 49.8 Å². The number of anilines is 1. The number of para-hydroxylation sites is 2. The topological polar surface area (TPSA) is 97.4 Å². The van der Waals surface area contributed by atoms with Crippen LogP contribution in [0.2, 0.25) is 0 Å². The summed E-state index contributed by atoms with van der Waals surface area (Å²) in [5.41, 5.74) is 2.89. The monoisotopic (exact) mass is 403 g/mol. The van der Waals surface area contributed by atoms with Crippen LogP contribution in [0, 0.1) is 25.2 Å². The Morgan fingerprint density at radius 2 is 1.93 bits per heavy atom. The molecular weight excluding hydrogens is 382 g/mol. The van der Waals surface area contributed by atoms with Crippen molar-refractivity contribution in [3.05, 3.63) is 76.7 Å². The van der Waals surface area contributed by atoms with Crippen molar-refractivity contribution in [3.63, 3.8) is 0 Å². The third kappa shape index (κ3) is 4.86. The first kappa shape index (κ1) is 20.7. The smallest absolute Gasteiger partial charge is 0.266 e. The fourth-order valence-electron chi connectivity index (χ4n) is 2.78. The number of nitrogens with zero attached hydrogens (tertiary/aromatic N) is 2. The molecule has 0 unspecified atom stereocenters. The highest BCUT2D eigenvalue weighted by atomic mass is 16.5. The van der Waals surface area contributed by atoms with E-state index >= 15 is 0 Å². The van der Waals surface area contributed by atoms with Crippen molar-refractivity contribution in [2.75, 3.05) is 12.4 Å². The molecule has 0 aliphatic heterocycles. The number of amides is 1. The molecule has 0 radical (unpaired) electrons. The lowest BCUT2D eigenvalue weighted by atomic mass is 10.1. The number of hydrogen-bond acceptors (Lipinski definition) is 6. The molecule has 3 aromatic rings. The van der Waals surface area contributed by atoms with Crippen molar-refractivity contribution in [2.24, 2.45) is 0 Å². The summed E-state index contributed by atoms with van der Waals surface area (Å²) in [7, 11) is 1.52. The number of carbonyl (C=O) groups excluding carboxylic acids is 1. The number of aryl methyl sites for hydroxylation is 2. The van der Waals surface area contributed by atoms with Gasteiger partial charge < -0.3 is 19.3 Å². The van der Waals surface area contributed by atoms with Gasteiger partial charge in [0.25, 0.3) is 5.91 Å². The largest absolute Gasteiger partial charge is 0.495 e. The second-order valence-electron chi connectivity index (χ2n) is 6.48. The Balaban J connectivity index is 1.68. The first-order valence-electron chi connectivity index (χ1n) is 9.22. The van der Waals surface area contributed by atoms with Crippen molar-refractivity contribution in [1.29, 1.82) is 5.26 Å². The van der Waals surface area contributed by atoms with E-state index < -0.39 is 5.91 Å². The molecule has 1 N–H and O–H groups in total. The minimum absolute atomic E-state index is 0.0229. The standard InChI is InChI=1S/C23H21N3O4/c1-15-20(16(2)30-26-15)14-29-19-10-8-17(9-11-19)12-18(13-24)23(27)25-21-6-4-5-7-22(21)28-3/h4-12H,14H2,1-3H3,(H,25,27)/b18-12+. The summed E-state index contributed by atoms with van der Waals surface area (Å²) >= 11 is 0. The summed E-state index contributed by atoms with van der Waals surface area (Å²) < 4.78 is 16.1. The van der Waals surface area contributed by atoms with Gasteiger partial charge in [0.1, 0.15) is 35.5 Å². The van der Waals surface area contributed by atoms with E-state index in [1.54, 1.807) is 48.5 Å². The van der Waals surface area contributed by atoms with E-state index in [4.69, 9.17) is 14.0 Å². The molecule has 30 heavy (non-hydrogen) atoms. The molecule has 1 heterocycles. The van der Waals surface area contributed by atoms with E-state index in [1.165, 1.54) is 13.2 Å². The van der Waals surface area contributed by atoms with E-state index in [2.05, 4.69) is 10.5 Å². The first-order valence-corrected chi connectivity index (χ1v) is 9.22. The van der Waals surface area contributed by atoms with Crippen LogP contribution >= 0.6 is 0 Å². The third-order valence-electron chi connectivity index (χ3n) is 4.48. The zero-order valence-electron chi connectivity index (χ0n) is 16.9. The second-order valence-corrected chi connectivity index (χ2v) is 6.48. The highest BCUT2D eigenvalue weighted by Gasteiger charge is 2.12. The molecule has 1 aromatic heterocycles. The molecule has 7 nitrogen and oxygen atoms in total. The van der Waals surface area contributed by atoms with Gasteiger partial charge in [0.05, 0.1) is 24.1 Å². The van der Waals surface area contributed by atoms with Gasteiger partial charge >= 0.3 is 0 Å². The van der Waals surface area contributed by atoms with Gasteiger partial charge in [0, 0.05) is 0 Å². The molecule has 7 heteroatoms. The molecule has 0 atom stereocenters. The van der Waals surface area contributed by atoms with Crippen molar-refractivity contribution < 1.29 is 18.8 Å². The molecule has 0 spiro atoms. The minimum atomic E-state index is -0.513. The van der Waals surface area contributed by atoms with E-state index in [1.807, 2.05) is 19.9 Å². The molecular formula is C23H21N3O4. The second kappa shape index (κ2) is 9.43. The van der Waals surface area contributed by atoms with Crippen molar-refractivity contribution in [2.45, 2.75) is 20.5 Å². The zero-order chi connectivity index (χ0) is 21.5. The summed E-state index contributed by atoms with van der Waals surface area (Å²) in [5.74, 6) is 1.39. The number of aromatic nitrogens is 1. The van der Waals surface area contributed by atoms with E-state index in [0.717, 1.165) is 17.0 Å². The lowest BCUT2D eigenvalue weighted by molar-refractivity contribution is -0.112. The molecule has 0 fully saturated rings. The third-order valence-corrected chi connectivity index (χ3v) is 4.48. The SMILES string of the molecule is COc1ccccc1NC(=O)/C(C#N)=C/c1ccc(OCc2c(C)noc2C)cc1. The Morgan fingerprint density at radius 3 is 2.57 bits per heavy atom. The van der Waals surface area contributed by atoms with Crippen LogP contribution in [-0.4, -0.2) is 18.2 Å². The van der Waals surface area contributed by atoms with Gasteiger partial charge in [-0.25, -0.2) is 0 Å². The Labute approximate surface area is 174 Å². The maximum absolute atomic E-state index is 12.5. The predicted octanol–water partition coefficient (Wildman–Crippen LogP) is 4.42. The normalized spacial score (nSPS) is 10.9. The number of ether oxygens (including phenoxy) is 2. The molecule has 3 rings (SSSR count). The lowest BCUT2D eigenvalue weighted by Gasteiger charge is -2.09. The number of nitrogens with one attached hydrogen (secondary N) is 1. The maximum Gasteiger partial charge on any atom is 0.266 e. The molecule has 0 aliphatic rings. The van der Waals surface area contributed by atoms with Gasteiger partial charge in [0.2, 0.25) is 0 Å². The van der Waals surface area contributed by atoms with Crippen molar-refractivity contribution >= 4 is 17.7 Å². The van der Waals surface area contributed by atoms with Gasteiger partial charge in [-0.3, -0.25) is 4.79 Å². The number of methoxy groups -OCH3 is 1. The summed E-state index contributed by atoms with van der Waals surface area (Å²) in [6.45, 7) is 4.05. The van der Waals surface area contributed by atoms with Crippen LogP contribution < -0.4 is 14.8 Å². The fraction of sp³-hybridized carbons (Fsp3) is 0.174. The number of nitriles is 1. The van der Waals surface area contributed by atoms with E-state index in [0.29, 0.717) is 29.4 Å².